The van der Waals surface area contributed by atoms with Gasteiger partial charge in [0.2, 0.25) is 0 Å². The number of carbonyl (C=O) groups excluding carboxylic acids is 1. The molecule has 0 bridgehead atoms. The molecule has 5 aromatic rings. The van der Waals surface area contributed by atoms with Gasteiger partial charge in [0.05, 0.1) is 29.9 Å². The molecule has 1 N–H and O–H groups in total. The molecule has 42 heavy (non-hydrogen) atoms. The minimum atomic E-state index is -1.40. The number of rotatable bonds is 7. The van der Waals surface area contributed by atoms with E-state index in [2.05, 4.69) is 44.3 Å². The predicted molar refractivity (Wildman–Crippen MR) is 163 cm³/mol. The van der Waals surface area contributed by atoms with Gasteiger partial charge in [-0.25, -0.2) is 14.4 Å². The van der Waals surface area contributed by atoms with Crippen molar-refractivity contribution in [3.63, 3.8) is 0 Å². The third kappa shape index (κ3) is 5.36. The highest BCUT2D eigenvalue weighted by molar-refractivity contribution is 7.13. The van der Waals surface area contributed by atoms with Gasteiger partial charge < -0.3 is 14.5 Å². The Labute approximate surface area is 245 Å². The van der Waals surface area contributed by atoms with E-state index in [1.807, 2.05) is 18.2 Å². The first kappa shape index (κ1) is 27.6. The van der Waals surface area contributed by atoms with Crippen molar-refractivity contribution >= 4 is 39.0 Å². The lowest BCUT2D eigenvalue weighted by molar-refractivity contribution is -0.118. The van der Waals surface area contributed by atoms with Crippen molar-refractivity contribution in [1.29, 1.82) is 0 Å². The van der Waals surface area contributed by atoms with Crippen LogP contribution in [0.2, 0.25) is 0 Å². The van der Waals surface area contributed by atoms with Gasteiger partial charge in [0.25, 0.3) is 11.5 Å². The minimum Gasteiger partial charge on any atom is -0.496 e. The van der Waals surface area contributed by atoms with Gasteiger partial charge in [0.1, 0.15) is 17.6 Å². The number of nitrogens with zero attached hydrogens (tertiary/aromatic N) is 5. The zero-order valence-corrected chi connectivity index (χ0v) is 24.0. The smallest absolute Gasteiger partial charge is 0.262 e. The second kappa shape index (κ2) is 11.7. The number of fused-ring (bicyclic) bond motifs is 1. The molecule has 1 amide bonds. The summed E-state index contributed by atoms with van der Waals surface area (Å²) < 4.78 is 21.9. The first-order valence-electron chi connectivity index (χ1n) is 13.5. The number of amides is 1. The number of aromatic nitrogens is 3. The molecule has 11 heteroatoms. The van der Waals surface area contributed by atoms with E-state index in [0.717, 1.165) is 47.6 Å². The van der Waals surface area contributed by atoms with E-state index in [1.54, 1.807) is 29.8 Å². The van der Waals surface area contributed by atoms with E-state index in [4.69, 9.17) is 4.74 Å². The second-order valence-corrected chi connectivity index (χ2v) is 11.0. The largest absolute Gasteiger partial charge is 0.496 e. The molecule has 9 nitrogen and oxygen atoms in total. The summed E-state index contributed by atoms with van der Waals surface area (Å²) in [6.45, 7) is 3.99. The summed E-state index contributed by atoms with van der Waals surface area (Å²) in [6, 6.07) is 16.6. The van der Waals surface area contributed by atoms with E-state index >= 15 is 4.39 Å². The van der Waals surface area contributed by atoms with Crippen LogP contribution in [0.5, 0.6) is 5.75 Å². The van der Waals surface area contributed by atoms with Crippen LogP contribution < -0.4 is 20.5 Å². The van der Waals surface area contributed by atoms with Gasteiger partial charge in [0, 0.05) is 43.4 Å². The van der Waals surface area contributed by atoms with Gasteiger partial charge in [-0.2, -0.15) is 0 Å². The zero-order valence-electron chi connectivity index (χ0n) is 23.2. The SMILES string of the molecule is COc1cccc(F)c1C(C(=O)Nc1nccs1)n1cnc2ccc(-c3ccc(N4CCN(C)CC4)cc3)cc2c1=O. The Kier molecular flexibility index (Phi) is 7.68. The molecule has 0 aliphatic carbocycles. The van der Waals surface area contributed by atoms with Crippen molar-refractivity contribution in [2.75, 3.05) is 50.6 Å². The number of carbonyl (C=O) groups is 1. The number of thiazole rings is 1. The first-order valence-corrected chi connectivity index (χ1v) is 14.4. The molecule has 214 valence electrons. The van der Waals surface area contributed by atoms with Crippen molar-refractivity contribution in [3.05, 3.63) is 100 Å². The van der Waals surface area contributed by atoms with Gasteiger partial charge in [0.15, 0.2) is 5.13 Å². The molecular weight excluding hydrogens is 555 g/mol. The third-order valence-electron chi connectivity index (χ3n) is 7.55. The monoisotopic (exact) mass is 584 g/mol. The summed E-state index contributed by atoms with van der Waals surface area (Å²) in [4.78, 5) is 40.9. The fourth-order valence-corrected chi connectivity index (χ4v) is 5.78. The summed E-state index contributed by atoms with van der Waals surface area (Å²) >= 11 is 1.21. The van der Waals surface area contributed by atoms with Crippen LogP contribution in [0.15, 0.2) is 83.4 Å². The van der Waals surface area contributed by atoms with Crippen LogP contribution >= 0.6 is 11.3 Å². The molecule has 1 aliphatic heterocycles. The molecular formula is C31H29FN6O3S. The Morgan fingerprint density at radius 2 is 1.79 bits per heavy atom. The maximum Gasteiger partial charge on any atom is 0.262 e. The Morgan fingerprint density at radius 3 is 2.50 bits per heavy atom. The molecule has 1 aliphatic rings. The van der Waals surface area contributed by atoms with E-state index in [9.17, 15) is 9.59 Å². The number of benzene rings is 3. The minimum absolute atomic E-state index is 0.0760. The topological polar surface area (TPSA) is 92.6 Å². The molecule has 0 radical (unpaired) electrons. The number of hydrogen-bond acceptors (Lipinski definition) is 8. The Balaban J connectivity index is 1.40. The number of anilines is 2. The van der Waals surface area contributed by atoms with Crippen LogP contribution in [0, 0.1) is 5.82 Å². The van der Waals surface area contributed by atoms with E-state index < -0.39 is 23.3 Å². The molecule has 1 unspecified atom stereocenters. The highest BCUT2D eigenvalue weighted by Crippen LogP contribution is 2.32. The normalized spacial score (nSPS) is 14.6. The van der Waals surface area contributed by atoms with Crippen molar-refractivity contribution < 1.29 is 13.9 Å². The highest BCUT2D eigenvalue weighted by atomic mass is 32.1. The van der Waals surface area contributed by atoms with Crippen molar-refractivity contribution in [2.24, 2.45) is 0 Å². The van der Waals surface area contributed by atoms with Crippen molar-refractivity contribution in [3.8, 4) is 16.9 Å². The lowest BCUT2D eigenvalue weighted by Gasteiger charge is -2.34. The quantitative estimate of drug-likeness (QED) is 0.298. The van der Waals surface area contributed by atoms with Crippen LogP contribution in [0.1, 0.15) is 11.6 Å². The first-order chi connectivity index (χ1) is 20.4. The molecule has 6 rings (SSSR count). The second-order valence-electron chi connectivity index (χ2n) is 10.1. The maximum atomic E-state index is 15.3. The summed E-state index contributed by atoms with van der Waals surface area (Å²) in [5.74, 6) is -1.20. The number of hydrogen-bond donors (Lipinski definition) is 1. The number of methoxy groups -OCH3 is 1. The lowest BCUT2D eigenvalue weighted by Crippen LogP contribution is -2.44. The van der Waals surface area contributed by atoms with Crippen molar-refractivity contribution in [2.45, 2.75) is 6.04 Å². The molecule has 1 saturated heterocycles. The highest BCUT2D eigenvalue weighted by Gasteiger charge is 2.31. The fraction of sp³-hybridized carbons (Fsp3) is 0.226. The molecule has 3 aromatic carbocycles. The molecule has 2 aromatic heterocycles. The number of piperazine rings is 1. The molecule has 0 spiro atoms. The van der Waals surface area contributed by atoms with Gasteiger partial charge in [-0.3, -0.25) is 19.5 Å². The van der Waals surface area contributed by atoms with Crippen LogP contribution in [-0.2, 0) is 4.79 Å². The Morgan fingerprint density at radius 1 is 1.02 bits per heavy atom. The third-order valence-corrected chi connectivity index (χ3v) is 8.24. The van der Waals surface area contributed by atoms with E-state index in [0.29, 0.717) is 16.0 Å². The predicted octanol–water partition coefficient (Wildman–Crippen LogP) is 4.65. The van der Waals surface area contributed by atoms with Gasteiger partial charge >= 0.3 is 0 Å². The summed E-state index contributed by atoms with van der Waals surface area (Å²) in [5, 5.41) is 5.03. The van der Waals surface area contributed by atoms with Crippen LogP contribution in [0.4, 0.5) is 15.2 Å². The number of likely N-dealkylation sites (N-methyl/N-ethyl adjacent to an activating group) is 1. The van der Waals surface area contributed by atoms with Gasteiger partial charge in [-0.15, -0.1) is 11.3 Å². The van der Waals surface area contributed by atoms with E-state index in [1.165, 1.54) is 36.9 Å². The fourth-order valence-electron chi connectivity index (χ4n) is 5.24. The van der Waals surface area contributed by atoms with Crippen LogP contribution in [-0.4, -0.2) is 65.7 Å². The lowest BCUT2D eigenvalue weighted by atomic mass is 10.0. The molecule has 1 atom stereocenters. The Bertz CT molecular complexity index is 1780. The van der Waals surface area contributed by atoms with Crippen LogP contribution in [0.3, 0.4) is 0 Å². The molecule has 3 heterocycles. The molecule has 0 saturated carbocycles. The standard InChI is InChI=1S/C31H29FN6O3S/c1-36-13-15-37(16-14-36)22-9-6-20(7-10-22)21-8-11-25-23(18-21)30(40)38(19-34-25)28(29(39)35-31-33-12-17-42-31)27-24(32)4-3-5-26(27)41-2/h3-12,17-19,28H,13-16H2,1-2H3,(H,33,35,39). The maximum absolute atomic E-state index is 15.3. The summed E-state index contributed by atoms with van der Waals surface area (Å²) in [6.07, 6.45) is 2.81. The zero-order chi connectivity index (χ0) is 29.2. The van der Waals surface area contributed by atoms with Crippen molar-refractivity contribution in [1.82, 2.24) is 19.4 Å². The van der Waals surface area contributed by atoms with Gasteiger partial charge in [-0.05, 0) is 54.6 Å². The van der Waals surface area contributed by atoms with Crippen LogP contribution in [0.25, 0.3) is 22.0 Å². The molecule has 1 fully saturated rings. The summed E-state index contributed by atoms with van der Waals surface area (Å²) in [7, 11) is 3.52. The van der Waals surface area contributed by atoms with E-state index in [-0.39, 0.29) is 11.3 Å². The Hall–Kier alpha value is -4.61. The van der Waals surface area contributed by atoms with Gasteiger partial charge in [-0.1, -0.05) is 24.3 Å². The average Bonchev–Trinajstić information content (AvgIpc) is 3.52. The number of nitrogens with one attached hydrogen (secondary N) is 1. The number of ether oxygens (including phenoxy) is 1. The average molecular weight is 585 g/mol. The number of halogens is 1. The summed E-state index contributed by atoms with van der Waals surface area (Å²) in [5.41, 5.74) is 2.83.